The second-order valence-electron chi connectivity index (χ2n) is 3.48. The summed E-state index contributed by atoms with van der Waals surface area (Å²) in [4.78, 5) is 14.3. The third-order valence-electron chi connectivity index (χ3n) is 2.23. The summed E-state index contributed by atoms with van der Waals surface area (Å²) in [5, 5.41) is 14.0. The van der Waals surface area contributed by atoms with Crippen LogP contribution in [0, 0.1) is 10.1 Å². The summed E-state index contributed by atoms with van der Waals surface area (Å²) in [6, 6.07) is 1.25. The average Bonchev–Trinajstić information content (AvgIpc) is 2.30. The Morgan fingerprint density at radius 1 is 1.71 bits per heavy atom. The number of nitrogens with zero attached hydrogens (tertiary/aromatic N) is 2. The van der Waals surface area contributed by atoms with Gasteiger partial charge in [0.15, 0.2) is 0 Å². The molecule has 1 unspecified atom stereocenters. The van der Waals surface area contributed by atoms with Gasteiger partial charge < -0.3 is 10.1 Å². The Labute approximate surface area is 104 Å². The SMILES string of the molecule is CCC(COC)Nc1ncc(Cl)cc1[N+](=O)[O-]. The quantitative estimate of drug-likeness (QED) is 0.627. The molecule has 7 heteroatoms. The summed E-state index contributed by atoms with van der Waals surface area (Å²) in [5.41, 5.74) is -0.132. The zero-order valence-electron chi connectivity index (χ0n) is 9.64. The van der Waals surface area contributed by atoms with E-state index in [1.54, 1.807) is 7.11 Å². The van der Waals surface area contributed by atoms with E-state index in [0.29, 0.717) is 6.61 Å². The first-order chi connectivity index (χ1) is 8.08. The molecule has 0 aromatic carbocycles. The van der Waals surface area contributed by atoms with Crippen molar-refractivity contribution in [2.24, 2.45) is 0 Å². The maximum absolute atomic E-state index is 10.8. The zero-order valence-corrected chi connectivity index (χ0v) is 10.4. The highest BCUT2D eigenvalue weighted by Crippen LogP contribution is 2.25. The van der Waals surface area contributed by atoms with Crippen LogP contribution >= 0.6 is 11.6 Å². The van der Waals surface area contributed by atoms with Crippen LogP contribution < -0.4 is 5.32 Å². The summed E-state index contributed by atoms with van der Waals surface area (Å²) < 4.78 is 5.00. The lowest BCUT2D eigenvalue weighted by Gasteiger charge is -2.16. The van der Waals surface area contributed by atoms with Crippen molar-refractivity contribution in [3.05, 3.63) is 27.4 Å². The van der Waals surface area contributed by atoms with E-state index in [1.165, 1.54) is 12.3 Å². The fourth-order valence-electron chi connectivity index (χ4n) is 1.34. The molecule has 1 aromatic heterocycles. The van der Waals surface area contributed by atoms with Crippen molar-refractivity contribution in [2.45, 2.75) is 19.4 Å². The highest BCUT2D eigenvalue weighted by atomic mass is 35.5. The van der Waals surface area contributed by atoms with Gasteiger partial charge in [-0.25, -0.2) is 4.98 Å². The van der Waals surface area contributed by atoms with Crippen molar-refractivity contribution >= 4 is 23.1 Å². The Hall–Kier alpha value is -1.40. The summed E-state index contributed by atoms with van der Waals surface area (Å²) in [7, 11) is 1.58. The van der Waals surface area contributed by atoms with Crippen molar-refractivity contribution in [2.75, 3.05) is 19.0 Å². The molecule has 17 heavy (non-hydrogen) atoms. The van der Waals surface area contributed by atoms with E-state index in [9.17, 15) is 10.1 Å². The van der Waals surface area contributed by atoms with Crippen LogP contribution in [0.5, 0.6) is 0 Å². The summed E-state index contributed by atoms with van der Waals surface area (Å²) in [6.07, 6.45) is 2.14. The van der Waals surface area contributed by atoms with E-state index >= 15 is 0 Å². The van der Waals surface area contributed by atoms with Gasteiger partial charge in [-0.1, -0.05) is 18.5 Å². The second-order valence-corrected chi connectivity index (χ2v) is 3.92. The number of anilines is 1. The fraction of sp³-hybridized carbons (Fsp3) is 0.500. The van der Waals surface area contributed by atoms with Crippen LogP contribution in [-0.2, 0) is 4.74 Å². The number of aromatic nitrogens is 1. The van der Waals surface area contributed by atoms with E-state index in [-0.39, 0.29) is 22.6 Å². The lowest BCUT2D eigenvalue weighted by molar-refractivity contribution is -0.384. The fourth-order valence-corrected chi connectivity index (χ4v) is 1.49. The third-order valence-corrected chi connectivity index (χ3v) is 2.44. The van der Waals surface area contributed by atoms with Gasteiger partial charge in [-0.05, 0) is 6.42 Å². The highest BCUT2D eigenvalue weighted by molar-refractivity contribution is 6.30. The van der Waals surface area contributed by atoms with Crippen LogP contribution in [0.2, 0.25) is 5.02 Å². The number of halogens is 1. The molecule has 0 amide bonds. The Kier molecular flexibility index (Phi) is 5.11. The van der Waals surface area contributed by atoms with Crippen LogP contribution in [-0.4, -0.2) is 29.7 Å². The molecule has 0 radical (unpaired) electrons. The summed E-state index contributed by atoms with van der Waals surface area (Å²) >= 11 is 5.67. The standard InChI is InChI=1S/C10H14ClN3O3/c1-3-8(6-17-2)13-10-9(14(15)16)4-7(11)5-12-10/h4-5,8H,3,6H2,1-2H3,(H,12,13). The third kappa shape index (κ3) is 3.83. The number of pyridine rings is 1. The van der Waals surface area contributed by atoms with E-state index < -0.39 is 4.92 Å². The van der Waals surface area contributed by atoms with Gasteiger partial charge in [0.05, 0.1) is 22.6 Å². The molecule has 0 fully saturated rings. The normalized spacial score (nSPS) is 12.2. The van der Waals surface area contributed by atoms with Gasteiger partial charge in [-0.2, -0.15) is 0 Å². The number of hydrogen-bond donors (Lipinski definition) is 1. The van der Waals surface area contributed by atoms with Crippen molar-refractivity contribution < 1.29 is 9.66 Å². The molecule has 0 bridgehead atoms. The molecular formula is C10H14ClN3O3. The molecule has 6 nitrogen and oxygen atoms in total. The first-order valence-electron chi connectivity index (χ1n) is 5.13. The molecule has 0 saturated heterocycles. The average molecular weight is 260 g/mol. The molecule has 0 aliphatic rings. The number of hydrogen-bond acceptors (Lipinski definition) is 5. The van der Waals surface area contributed by atoms with Crippen LogP contribution in [0.1, 0.15) is 13.3 Å². The van der Waals surface area contributed by atoms with Gasteiger partial charge in [0.1, 0.15) is 0 Å². The summed E-state index contributed by atoms with van der Waals surface area (Å²) in [6.45, 7) is 2.41. The molecule has 0 aliphatic heterocycles. The minimum Gasteiger partial charge on any atom is -0.383 e. The molecule has 1 rings (SSSR count). The molecule has 1 N–H and O–H groups in total. The molecule has 0 spiro atoms. The molecule has 0 aliphatic carbocycles. The molecule has 1 aromatic rings. The lowest BCUT2D eigenvalue weighted by Crippen LogP contribution is -2.24. The highest BCUT2D eigenvalue weighted by Gasteiger charge is 2.18. The molecule has 1 heterocycles. The van der Waals surface area contributed by atoms with Gasteiger partial charge in [-0.15, -0.1) is 0 Å². The number of ether oxygens (including phenoxy) is 1. The van der Waals surface area contributed by atoms with Crippen LogP contribution in [0.15, 0.2) is 12.3 Å². The number of rotatable bonds is 6. The van der Waals surface area contributed by atoms with Crippen molar-refractivity contribution in [1.82, 2.24) is 4.98 Å². The Morgan fingerprint density at radius 3 is 2.94 bits per heavy atom. The molecule has 0 saturated carbocycles. The van der Waals surface area contributed by atoms with E-state index in [4.69, 9.17) is 16.3 Å². The minimum absolute atomic E-state index is 0.0209. The largest absolute Gasteiger partial charge is 0.383 e. The predicted octanol–water partition coefficient (Wildman–Crippen LogP) is 2.48. The van der Waals surface area contributed by atoms with Crippen molar-refractivity contribution in [3.63, 3.8) is 0 Å². The predicted molar refractivity (Wildman–Crippen MR) is 65.5 cm³/mol. The van der Waals surface area contributed by atoms with Crippen molar-refractivity contribution in [1.29, 1.82) is 0 Å². The first-order valence-corrected chi connectivity index (χ1v) is 5.51. The Balaban J connectivity index is 2.92. The van der Waals surface area contributed by atoms with E-state index in [1.807, 2.05) is 6.92 Å². The van der Waals surface area contributed by atoms with E-state index in [2.05, 4.69) is 10.3 Å². The Bertz CT molecular complexity index is 400. The molecule has 1 atom stereocenters. The number of methoxy groups -OCH3 is 1. The van der Waals surface area contributed by atoms with Gasteiger partial charge in [0.2, 0.25) is 5.82 Å². The van der Waals surface area contributed by atoms with Gasteiger partial charge in [0.25, 0.3) is 0 Å². The summed E-state index contributed by atoms with van der Waals surface area (Å²) in [5.74, 6) is 0.211. The number of nitrogens with one attached hydrogen (secondary N) is 1. The lowest BCUT2D eigenvalue weighted by atomic mass is 10.2. The minimum atomic E-state index is -0.513. The zero-order chi connectivity index (χ0) is 12.8. The van der Waals surface area contributed by atoms with Crippen LogP contribution in [0.3, 0.4) is 0 Å². The van der Waals surface area contributed by atoms with E-state index in [0.717, 1.165) is 6.42 Å². The van der Waals surface area contributed by atoms with Crippen LogP contribution in [0.4, 0.5) is 11.5 Å². The number of nitro groups is 1. The molecule has 94 valence electrons. The topological polar surface area (TPSA) is 77.3 Å². The monoisotopic (exact) mass is 259 g/mol. The van der Waals surface area contributed by atoms with Crippen LogP contribution in [0.25, 0.3) is 0 Å². The van der Waals surface area contributed by atoms with Gasteiger partial charge in [0, 0.05) is 19.4 Å². The maximum atomic E-state index is 10.8. The second kappa shape index (κ2) is 6.36. The van der Waals surface area contributed by atoms with Crippen molar-refractivity contribution in [3.8, 4) is 0 Å². The maximum Gasteiger partial charge on any atom is 0.312 e. The Morgan fingerprint density at radius 2 is 2.41 bits per heavy atom. The first kappa shape index (κ1) is 13.7. The molecular weight excluding hydrogens is 246 g/mol. The van der Waals surface area contributed by atoms with Gasteiger partial charge >= 0.3 is 5.69 Å². The smallest absolute Gasteiger partial charge is 0.312 e. The van der Waals surface area contributed by atoms with Gasteiger partial charge in [-0.3, -0.25) is 10.1 Å².